The molecule has 0 aromatic heterocycles. The molecule has 0 unspecified atom stereocenters. The molecule has 3 heterocycles. The van der Waals surface area contributed by atoms with E-state index in [-0.39, 0.29) is 5.12 Å². The second-order valence-corrected chi connectivity index (χ2v) is 5.20. The molecule has 0 N–H and O–H groups in total. The van der Waals surface area contributed by atoms with Gasteiger partial charge in [-0.1, -0.05) is 11.8 Å². The van der Waals surface area contributed by atoms with Gasteiger partial charge in [-0.15, -0.1) is 0 Å². The van der Waals surface area contributed by atoms with Crippen LogP contribution in [0.2, 0.25) is 0 Å². The van der Waals surface area contributed by atoms with Crippen molar-refractivity contribution >= 4 is 16.9 Å². The van der Waals surface area contributed by atoms with Gasteiger partial charge in [0.15, 0.2) is 5.12 Å². The van der Waals surface area contributed by atoms with Crippen LogP contribution in [-0.4, -0.2) is 34.9 Å². The molecule has 0 aromatic rings. The second-order valence-electron chi connectivity index (χ2n) is 3.79. The smallest absolute Gasteiger partial charge is 0.186 e. The minimum Gasteiger partial charge on any atom is -0.302 e. The molecule has 3 heteroatoms. The molecule has 3 saturated heterocycles. The highest BCUT2D eigenvalue weighted by molar-refractivity contribution is 8.14. The largest absolute Gasteiger partial charge is 0.302 e. The quantitative estimate of drug-likeness (QED) is 0.615. The van der Waals surface area contributed by atoms with Gasteiger partial charge in [-0.25, -0.2) is 0 Å². The normalized spacial score (nSPS) is 39.9. The number of carbonyl (C=O) groups excluding carboxylic acids is 1. The fourth-order valence-electron chi connectivity index (χ4n) is 2.26. The van der Waals surface area contributed by atoms with E-state index in [0.717, 1.165) is 12.5 Å². The van der Waals surface area contributed by atoms with Crippen LogP contribution in [-0.2, 0) is 4.79 Å². The van der Waals surface area contributed by atoms with Crippen LogP contribution < -0.4 is 0 Å². The molecule has 2 nitrogen and oxygen atoms in total. The average Bonchev–Trinajstić information content (AvgIpc) is 2.05. The first-order valence-electron chi connectivity index (χ1n) is 4.65. The molecule has 0 saturated carbocycles. The molecule has 1 atom stereocenters. The minimum atomic E-state index is 0.286. The summed E-state index contributed by atoms with van der Waals surface area (Å²) in [6, 6.07) is 0. The third-order valence-electron chi connectivity index (χ3n) is 2.91. The Morgan fingerprint density at radius 1 is 1.42 bits per heavy atom. The molecule has 0 amide bonds. The lowest BCUT2D eigenvalue weighted by Crippen LogP contribution is -2.49. The van der Waals surface area contributed by atoms with Crippen molar-refractivity contribution < 1.29 is 4.79 Å². The number of hydrogen-bond donors (Lipinski definition) is 0. The molecule has 0 spiro atoms. The van der Waals surface area contributed by atoms with Gasteiger partial charge in [0.05, 0.1) is 0 Å². The fraction of sp³-hybridized carbons (Fsp3) is 0.889. The maximum atomic E-state index is 10.9. The minimum absolute atomic E-state index is 0.286. The molecule has 3 aliphatic rings. The number of hydrogen-bond acceptors (Lipinski definition) is 3. The van der Waals surface area contributed by atoms with E-state index in [1.54, 1.807) is 18.7 Å². The Morgan fingerprint density at radius 2 is 2.08 bits per heavy atom. The van der Waals surface area contributed by atoms with Crippen LogP contribution in [0.3, 0.4) is 0 Å². The molecule has 0 radical (unpaired) electrons. The lowest BCUT2D eigenvalue weighted by molar-refractivity contribution is -0.109. The molecule has 68 valence electrons. The van der Waals surface area contributed by atoms with Crippen LogP contribution in [0.15, 0.2) is 0 Å². The Kier molecular flexibility index (Phi) is 2.42. The Bertz CT molecular complexity index is 187. The highest BCUT2D eigenvalue weighted by atomic mass is 32.2. The van der Waals surface area contributed by atoms with Gasteiger partial charge in [0.25, 0.3) is 0 Å². The number of rotatable bonds is 1. The number of fused-ring (bicyclic) bond motifs is 3. The van der Waals surface area contributed by atoms with Crippen LogP contribution in [0.25, 0.3) is 0 Å². The van der Waals surface area contributed by atoms with Crippen molar-refractivity contribution in [2.75, 3.05) is 19.6 Å². The summed E-state index contributed by atoms with van der Waals surface area (Å²) in [6.45, 7) is 5.36. The summed E-state index contributed by atoms with van der Waals surface area (Å²) >= 11 is 1.56. The topological polar surface area (TPSA) is 20.3 Å². The van der Waals surface area contributed by atoms with Gasteiger partial charge in [0, 0.05) is 18.7 Å². The summed E-state index contributed by atoms with van der Waals surface area (Å²) in [4.78, 5) is 13.4. The predicted octanol–water partition coefficient (Wildman–Crippen LogP) is 1.36. The van der Waals surface area contributed by atoms with Crippen LogP contribution in [0, 0.1) is 5.92 Å². The summed E-state index contributed by atoms with van der Waals surface area (Å²) < 4.78 is 0. The Hall–Kier alpha value is -0.0200. The molecule has 3 aliphatic heterocycles. The van der Waals surface area contributed by atoms with Crippen molar-refractivity contribution in [1.29, 1.82) is 0 Å². The van der Waals surface area contributed by atoms with Gasteiger partial charge in [-0.3, -0.25) is 4.79 Å². The number of nitrogens with zero attached hydrogens (tertiary/aromatic N) is 1. The van der Waals surface area contributed by atoms with E-state index in [9.17, 15) is 4.79 Å². The lowest BCUT2D eigenvalue weighted by atomic mass is 9.88. The van der Waals surface area contributed by atoms with Crippen LogP contribution in [0.5, 0.6) is 0 Å². The highest BCUT2D eigenvalue weighted by Gasteiger charge is 2.34. The van der Waals surface area contributed by atoms with Crippen molar-refractivity contribution in [2.45, 2.75) is 25.0 Å². The molecular weight excluding hydrogens is 170 g/mol. The van der Waals surface area contributed by atoms with Gasteiger partial charge >= 0.3 is 0 Å². The second kappa shape index (κ2) is 3.38. The first-order chi connectivity index (χ1) is 5.75. The Morgan fingerprint density at radius 3 is 2.50 bits per heavy atom. The molecule has 3 rings (SSSR count). The summed E-state index contributed by atoms with van der Waals surface area (Å²) in [5.74, 6) is 0.823. The monoisotopic (exact) mass is 185 g/mol. The number of piperidine rings is 3. The van der Waals surface area contributed by atoms with E-state index in [1.807, 2.05) is 0 Å². The van der Waals surface area contributed by atoms with Crippen molar-refractivity contribution in [3.8, 4) is 0 Å². The van der Waals surface area contributed by atoms with Gasteiger partial charge in [-0.05, 0) is 31.8 Å². The van der Waals surface area contributed by atoms with Crippen LogP contribution in [0.1, 0.15) is 19.8 Å². The molecule has 0 aliphatic carbocycles. The Labute approximate surface area is 77.7 Å². The standard InChI is InChI=1S/C9H15NOS/c1-7(11)12-9-6-10-4-2-8(9)3-5-10/h8-9H,2-6H2,1H3/t9-/m0/s1. The maximum Gasteiger partial charge on any atom is 0.186 e. The van der Waals surface area contributed by atoms with Crippen molar-refractivity contribution in [3.63, 3.8) is 0 Å². The van der Waals surface area contributed by atoms with Crippen LogP contribution in [0.4, 0.5) is 0 Å². The highest BCUT2D eigenvalue weighted by Crippen LogP contribution is 2.35. The van der Waals surface area contributed by atoms with Gasteiger partial charge in [0.2, 0.25) is 0 Å². The van der Waals surface area contributed by atoms with Crippen molar-refractivity contribution in [2.24, 2.45) is 5.92 Å². The van der Waals surface area contributed by atoms with Crippen molar-refractivity contribution in [3.05, 3.63) is 0 Å². The third-order valence-corrected chi connectivity index (χ3v) is 4.08. The summed E-state index contributed by atoms with van der Waals surface area (Å²) in [5, 5.41) is 0.888. The molecule has 12 heavy (non-hydrogen) atoms. The molecule has 3 fully saturated rings. The van der Waals surface area contributed by atoms with Gasteiger partial charge in [-0.2, -0.15) is 0 Å². The SMILES string of the molecule is CC(=O)S[C@H]1CN2CCC1CC2. The van der Waals surface area contributed by atoms with E-state index in [2.05, 4.69) is 4.90 Å². The van der Waals surface area contributed by atoms with E-state index in [1.165, 1.54) is 25.9 Å². The Balaban J connectivity index is 1.95. The lowest BCUT2D eigenvalue weighted by Gasteiger charge is -2.44. The maximum absolute atomic E-state index is 10.9. The summed E-state index contributed by atoms with van der Waals surface area (Å²) in [5.41, 5.74) is 0. The zero-order valence-electron chi connectivity index (χ0n) is 7.45. The molecule has 2 bridgehead atoms. The zero-order chi connectivity index (χ0) is 8.55. The zero-order valence-corrected chi connectivity index (χ0v) is 8.27. The number of carbonyl (C=O) groups is 1. The van der Waals surface area contributed by atoms with Crippen molar-refractivity contribution in [1.82, 2.24) is 4.90 Å². The first kappa shape index (κ1) is 8.57. The van der Waals surface area contributed by atoms with Crippen LogP contribution >= 0.6 is 11.8 Å². The first-order valence-corrected chi connectivity index (χ1v) is 5.53. The van der Waals surface area contributed by atoms with Gasteiger partial charge in [0.1, 0.15) is 0 Å². The summed E-state index contributed by atoms with van der Waals surface area (Å²) in [7, 11) is 0. The average molecular weight is 185 g/mol. The van der Waals surface area contributed by atoms with E-state index < -0.39 is 0 Å². The van der Waals surface area contributed by atoms with E-state index in [4.69, 9.17) is 0 Å². The van der Waals surface area contributed by atoms with E-state index >= 15 is 0 Å². The summed E-state index contributed by atoms with van der Waals surface area (Å²) in [6.07, 6.45) is 2.62. The predicted molar refractivity (Wildman–Crippen MR) is 51.2 cm³/mol. The molecular formula is C9H15NOS. The van der Waals surface area contributed by atoms with Gasteiger partial charge < -0.3 is 4.90 Å². The molecule has 0 aromatic carbocycles. The number of thioether (sulfide) groups is 1. The third kappa shape index (κ3) is 1.67. The van der Waals surface area contributed by atoms with E-state index in [0.29, 0.717) is 5.25 Å². The fourth-order valence-corrected chi connectivity index (χ4v) is 3.43.